The Morgan fingerprint density at radius 2 is 1.47 bits per heavy atom. The Hall–Kier alpha value is -5.08. The molecule has 1 heterocycles. The molecule has 4 rings (SSSR count). The number of aromatic carboxylic acids is 2. The molecule has 11 nitrogen and oxygen atoms in total. The predicted octanol–water partition coefficient (Wildman–Crippen LogP) is 5.44. The first-order chi connectivity index (χ1) is 17.8. The van der Waals surface area contributed by atoms with Gasteiger partial charge in [-0.25, -0.2) is 9.59 Å². The van der Waals surface area contributed by atoms with Gasteiger partial charge < -0.3 is 29.2 Å². The third-order valence-electron chi connectivity index (χ3n) is 4.69. The van der Waals surface area contributed by atoms with Gasteiger partial charge in [0.25, 0.3) is 5.69 Å². The second-order valence-electron chi connectivity index (χ2n) is 7.20. The van der Waals surface area contributed by atoms with Gasteiger partial charge in [-0.1, -0.05) is 18.2 Å². The Bertz CT molecular complexity index is 1380. The fraction of sp³-hybridized carbons (Fsp3) is 0.130. The van der Waals surface area contributed by atoms with Crippen LogP contribution in [0.15, 0.2) is 60.7 Å². The number of fused-ring (bicyclic) bond motifs is 1. The zero-order valence-corrected chi connectivity index (χ0v) is 18.9. The van der Waals surface area contributed by atoms with Crippen molar-refractivity contribution >= 4 is 17.6 Å². The lowest BCUT2D eigenvalue weighted by Crippen LogP contribution is -2.52. The van der Waals surface area contributed by atoms with Gasteiger partial charge >= 0.3 is 24.2 Å². The number of benzene rings is 3. The SMILES string of the molecule is COc1cc([N+](=O)[O-])c(C(=O)O)cc1Oc1ccc2c(c1)OC(F)(F)C(F)(F)O2.O=C(O)c1ccccc1. The van der Waals surface area contributed by atoms with E-state index in [1.54, 1.807) is 30.3 Å². The average molecular weight is 541 g/mol. The summed E-state index contributed by atoms with van der Waals surface area (Å²) in [6.45, 7) is 0. The number of nitro benzene ring substituents is 1. The summed E-state index contributed by atoms with van der Waals surface area (Å²) in [4.78, 5) is 31.5. The minimum Gasteiger partial charge on any atom is -0.493 e. The summed E-state index contributed by atoms with van der Waals surface area (Å²) in [5.41, 5.74) is -1.17. The molecule has 0 radical (unpaired) electrons. The maximum atomic E-state index is 13.3. The fourth-order valence-corrected chi connectivity index (χ4v) is 2.93. The van der Waals surface area contributed by atoms with Crippen molar-refractivity contribution in [1.82, 2.24) is 0 Å². The van der Waals surface area contributed by atoms with Crippen LogP contribution >= 0.6 is 0 Å². The van der Waals surface area contributed by atoms with Crippen molar-refractivity contribution in [2.45, 2.75) is 12.2 Å². The molecule has 0 spiro atoms. The van der Waals surface area contributed by atoms with Gasteiger partial charge in [0, 0.05) is 12.1 Å². The normalized spacial score (nSPS) is 14.3. The zero-order chi connectivity index (χ0) is 28.3. The third kappa shape index (κ3) is 5.83. The standard InChI is InChI=1S/C16H9F4NO8.C7H6O2/c1-26-11-6-9(21(24)25)8(14(22)23)5-12(11)27-7-2-3-10-13(4-7)29-16(19,20)15(17,18)28-10;8-7(9)6-4-2-1-3-5-6/h2-6H,1H3,(H,22,23);1-5H,(H,8,9). The summed E-state index contributed by atoms with van der Waals surface area (Å²) in [6.07, 6.45) is -9.83. The van der Waals surface area contributed by atoms with Crippen molar-refractivity contribution in [3.63, 3.8) is 0 Å². The van der Waals surface area contributed by atoms with E-state index >= 15 is 0 Å². The molecule has 1 aliphatic heterocycles. The first-order valence-electron chi connectivity index (χ1n) is 10.1. The summed E-state index contributed by atoms with van der Waals surface area (Å²) in [6, 6.07) is 12.6. The fourth-order valence-electron chi connectivity index (χ4n) is 2.93. The molecule has 15 heteroatoms. The highest BCUT2D eigenvalue weighted by Crippen LogP contribution is 2.48. The highest BCUT2D eigenvalue weighted by atomic mass is 19.3. The van der Waals surface area contributed by atoms with Crippen molar-refractivity contribution in [1.29, 1.82) is 0 Å². The Morgan fingerprint density at radius 1 is 0.868 bits per heavy atom. The molecular formula is C23H15F4NO10. The molecule has 0 saturated carbocycles. The van der Waals surface area contributed by atoms with Crippen LogP contribution in [0.1, 0.15) is 20.7 Å². The Morgan fingerprint density at radius 3 is 1.97 bits per heavy atom. The number of rotatable bonds is 6. The lowest BCUT2D eigenvalue weighted by molar-refractivity contribution is -0.391. The van der Waals surface area contributed by atoms with Crippen molar-refractivity contribution in [2.24, 2.45) is 0 Å². The van der Waals surface area contributed by atoms with Crippen LogP contribution in [0.5, 0.6) is 28.7 Å². The molecule has 0 aliphatic carbocycles. The van der Waals surface area contributed by atoms with E-state index in [1.807, 2.05) is 0 Å². The molecule has 200 valence electrons. The van der Waals surface area contributed by atoms with Gasteiger partial charge in [0.15, 0.2) is 23.0 Å². The number of nitro groups is 1. The Balaban J connectivity index is 0.000000375. The van der Waals surface area contributed by atoms with E-state index in [4.69, 9.17) is 19.7 Å². The van der Waals surface area contributed by atoms with E-state index in [0.717, 1.165) is 37.4 Å². The van der Waals surface area contributed by atoms with Crippen LogP contribution in [0.25, 0.3) is 0 Å². The first-order valence-corrected chi connectivity index (χ1v) is 10.1. The zero-order valence-electron chi connectivity index (χ0n) is 18.9. The van der Waals surface area contributed by atoms with Gasteiger partial charge in [0.1, 0.15) is 11.3 Å². The molecule has 0 unspecified atom stereocenters. The summed E-state index contributed by atoms with van der Waals surface area (Å²) in [5.74, 6) is -4.77. The second kappa shape index (κ2) is 10.5. The number of carboxylic acids is 2. The number of hydrogen-bond donors (Lipinski definition) is 2. The van der Waals surface area contributed by atoms with E-state index in [-0.39, 0.29) is 17.2 Å². The highest BCUT2D eigenvalue weighted by molar-refractivity contribution is 5.93. The minimum absolute atomic E-state index is 0.242. The lowest BCUT2D eigenvalue weighted by atomic mass is 10.1. The molecule has 0 aromatic heterocycles. The first kappa shape index (κ1) is 27.5. The maximum Gasteiger partial charge on any atom is 0.507 e. The minimum atomic E-state index is -4.94. The van der Waals surface area contributed by atoms with Gasteiger partial charge in [-0.15, -0.1) is 0 Å². The second-order valence-corrected chi connectivity index (χ2v) is 7.20. The number of hydrogen-bond acceptors (Lipinski definition) is 8. The summed E-state index contributed by atoms with van der Waals surface area (Å²) < 4.78 is 71.1. The Kier molecular flexibility index (Phi) is 7.60. The van der Waals surface area contributed by atoms with E-state index in [2.05, 4.69) is 9.47 Å². The van der Waals surface area contributed by atoms with Gasteiger partial charge in [0.2, 0.25) is 0 Å². The number of nitrogens with zero attached hydrogens (tertiary/aromatic N) is 1. The molecule has 1 aliphatic rings. The van der Waals surface area contributed by atoms with Gasteiger partial charge in [-0.3, -0.25) is 10.1 Å². The van der Waals surface area contributed by atoms with E-state index in [0.29, 0.717) is 5.56 Å². The number of carbonyl (C=O) groups is 2. The smallest absolute Gasteiger partial charge is 0.493 e. The number of ether oxygens (including phenoxy) is 4. The Labute approximate surface area is 209 Å². The predicted molar refractivity (Wildman–Crippen MR) is 118 cm³/mol. The number of methoxy groups -OCH3 is 1. The molecule has 38 heavy (non-hydrogen) atoms. The average Bonchev–Trinajstić information content (AvgIpc) is 2.85. The van der Waals surface area contributed by atoms with Gasteiger partial charge in [-0.05, 0) is 24.3 Å². The monoisotopic (exact) mass is 541 g/mol. The van der Waals surface area contributed by atoms with Crippen LogP contribution in [0.2, 0.25) is 0 Å². The third-order valence-corrected chi connectivity index (χ3v) is 4.69. The van der Waals surface area contributed by atoms with Crippen molar-refractivity contribution < 1.29 is 61.2 Å². The summed E-state index contributed by atoms with van der Waals surface area (Å²) in [7, 11) is 1.12. The number of halogens is 4. The van der Waals surface area contributed by atoms with E-state index in [1.165, 1.54) is 0 Å². The summed E-state index contributed by atoms with van der Waals surface area (Å²) >= 11 is 0. The maximum absolute atomic E-state index is 13.3. The topological polar surface area (TPSA) is 155 Å². The molecule has 3 aromatic rings. The van der Waals surface area contributed by atoms with Crippen molar-refractivity contribution in [3.8, 4) is 28.7 Å². The molecular weight excluding hydrogens is 526 g/mol. The molecule has 0 fully saturated rings. The van der Waals surface area contributed by atoms with Crippen LogP contribution in [0.4, 0.5) is 23.2 Å². The molecule has 0 bridgehead atoms. The molecule has 3 aromatic carbocycles. The largest absolute Gasteiger partial charge is 0.507 e. The molecule has 2 N–H and O–H groups in total. The van der Waals surface area contributed by atoms with Crippen LogP contribution in [0.3, 0.4) is 0 Å². The number of carboxylic acid groups (broad SMARTS) is 2. The van der Waals surface area contributed by atoms with Crippen LogP contribution in [-0.4, -0.2) is 46.4 Å². The van der Waals surface area contributed by atoms with Crippen LogP contribution in [-0.2, 0) is 0 Å². The van der Waals surface area contributed by atoms with Crippen LogP contribution < -0.4 is 18.9 Å². The highest BCUT2D eigenvalue weighted by Gasteiger charge is 2.66. The quantitative estimate of drug-likeness (QED) is 0.234. The number of alkyl halides is 4. The van der Waals surface area contributed by atoms with Gasteiger partial charge in [-0.2, -0.15) is 17.6 Å². The van der Waals surface area contributed by atoms with Crippen molar-refractivity contribution in [2.75, 3.05) is 7.11 Å². The molecule has 0 atom stereocenters. The molecule has 0 saturated heterocycles. The van der Waals surface area contributed by atoms with Crippen molar-refractivity contribution in [3.05, 3.63) is 81.9 Å². The van der Waals surface area contributed by atoms with Gasteiger partial charge in [0.05, 0.1) is 23.7 Å². The van der Waals surface area contributed by atoms with Crippen LogP contribution in [0, 0.1) is 10.1 Å². The van der Waals surface area contributed by atoms with E-state index in [9.17, 15) is 37.3 Å². The van der Waals surface area contributed by atoms with E-state index < -0.39 is 51.8 Å². The lowest BCUT2D eigenvalue weighted by Gasteiger charge is -2.31. The molecule has 0 amide bonds. The summed E-state index contributed by atoms with van der Waals surface area (Å²) in [5, 5.41) is 28.5.